The summed E-state index contributed by atoms with van der Waals surface area (Å²) in [7, 11) is -3.62. The van der Waals surface area contributed by atoms with Gasteiger partial charge >= 0.3 is 0 Å². The van der Waals surface area contributed by atoms with Gasteiger partial charge in [-0.3, -0.25) is 4.79 Å². The molecular formula is C17H25N3O4S. The molecule has 0 spiro atoms. The van der Waals surface area contributed by atoms with E-state index in [0.717, 1.165) is 13.1 Å². The molecule has 2 aliphatic rings. The van der Waals surface area contributed by atoms with Gasteiger partial charge in [0.15, 0.2) is 0 Å². The zero-order valence-electron chi connectivity index (χ0n) is 14.7. The fourth-order valence-corrected chi connectivity index (χ4v) is 4.90. The van der Waals surface area contributed by atoms with Gasteiger partial charge in [0, 0.05) is 44.3 Å². The number of aryl methyl sites for hydroxylation is 1. The summed E-state index contributed by atoms with van der Waals surface area (Å²) in [4.78, 5) is 14.9. The zero-order valence-corrected chi connectivity index (χ0v) is 15.5. The van der Waals surface area contributed by atoms with Gasteiger partial charge in [-0.2, -0.15) is 4.31 Å². The molecule has 2 saturated heterocycles. The van der Waals surface area contributed by atoms with Gasteiger partial charge in [0.1, 0.15) is 0 Å². The Morgan fingerprint density at radius 2 is 1.96 bits per heavy atom. The van der Waals surface area contributed by atoms with Crippen LogP contribution >= 0.6 is 0 Å². The van der Waals surface area contributed by atoms with Gasteiger partial charge in [-0.15, -0.1) is 0 Å². The van der Waals surface area contributed by atoms with Gasteiger partial charge in [-0.1, -0.05) is 6.07 Å². The van der Waals surface area contributed by atoms with Gasteiger partial charge in [0.05, 0.1) is 18.1 Å². The number of ether oxygens (including phenoxy) is 1. The van der Waals surface area contributed by atoms with Gasteiger partial charge in [-0.25, -0.2) is 8.42 Å². The van der Waals surface area contributed by atoms with Crippen LogP contribution in [-0.4, -0.2) is 75.5 Å². The average molecular weight is 367 g/mol. The lowest BCUT2D eigenvalue weighted by atomic mass is 10.1. The molecule has 2 aliphatic heterocycles. The van der Waals surface area contributed by atoms with E-state index in [-0.39, 0.29) is 16.8 Å². The summed E-state index contributed by atoms with van der Waals surface area (Å²) in [6.45, 7) is 7.35. The highest BCUT2D eigenvalue weighted by atomic mass is 32.2. The summed E-state index contributed by atoms with van der Waals surface area (Å²) in [5, 5.41) is 3.25. The highest BCUT2D eigenvalue weighted by molar-refractivity contribution is 7.89. The van der Waals surface area contributed by atoms with E-state index in [1.54, 1.807) is 24.0 Å². The maximum atomic E-state index is 13.0. The second-order valence-corrected chi connectivity index (χ2v) is 8.45. The number of benzene rings is 1. The van der Waals surface area contributed by atoms with Crippen LogP contribution in [0, 0.1) is 6.92 Å². The molecule has 1 aromatic rings. The number of sulfonamides is 1. The van der Waals surface area contributed by atoms with Crippen molar-refractivity contribution in [3.05, 3.63) is 29.3 Å². The number of hydrogen-bond acceptors (Lipinski definition) is 5. The van der Waals surface area contributed by atoms with Crippen molar-refractivity contribution in [2.45, 2.75) is 24.8 Å². The topological polar surface area (TPSA) is 79.0 Å². The van der Waals surface area contributed by atoms with E-state index in [9.17, 15) is 13.2 Å². The number of carbonyl (C=O) groups excluding carboxylic acids is 1. The van der Waals surface area contributed by atoms with Gasteiger partial charge in [0.25, 0.3) is 5.91 Å². The van der Waals surface area contributed by atoms with Crippen LogP contribution in [0.4, 0.5) is 0 Å². The van der Waals surface area contributed by atoms with Crippen LogP contribution in [-0.2, 0) is 14.8 Å². The van der Waals surface area contributed by atoms with E-state index in [1.165, 1.54) is 10.4 Å². The van der Waals surface area contributed by atoms with Crippen LogP contribution in [0.3, 0.4) is 0 Å². The minimum Gasteiger partial charge on any atom is -0.379 e. The number of rotatable bonds is 3. The largest absolute Gasteiger partial charge is 0.379 e. The number of piperazine rings is 1. The molecule has 8 heteroatoms. The van der Waals surface area contributed by atoms with Crippen molar-refractivity contribution in [2.75, 3.05) is 45.9 Å². The lowest BCUT2D eigenvalue weighted by Crippen LogP contribution is -2.52. The number of carbonyl (C=O) groups is 1. The Hall–Kier alpha value is -1.48. The third kappa shape index (κ3) is 3.72. The number of hydrogen-bond donors (Lipinski definition) is 1. The van der Waals surface area contributed by atoms with Crippen LogP contribution in [0.1, 0.15) is 22.8 Å². The SMILES string of the molecule is Cc1ccc(C(=O)N2CCNCC2C)cc1S(=O)(=O)N1CCOCC1. The van der Waals surface area contributed by atoms with E-state index in [0.29, 0.717) is 44.0 Å². The van der Waals surface area contributed by atoms with Crippen molar-refractivity contribution in [3.8, 4) is 0 Å². The first-order chi connectivity index (χ1) is 11.9. The van der Waals surface area contributed by atoms with Crippen LogP contribution in [0.15, 0.2) is 23.1 Å². The second-order valence-electron chi connectivity index (χ2n) is 6.55. The third-order valence-corrected chi connectivity index (χ3v) is 6.83. The Labute approximate surface area is 149 Å². The van der Waals surface area contributed by atoms with Gasteiger partial charge in [-0.05, 0) is 31.5 Å². The quantitative estimate of drug-likeness (QED) is 0.839. The second kappa shape index (κ2) is 7.41. The molecule has 0 radical (unpaired) electrons. The summed E-state index contributed by atoms with van der Waals surface area (Å²) in [6.07, 6.45) is 0. The molecule has 1 amide bonds. The van der Waals surface area contributed by atoms with E-state index in [4.69, 9.17) is 4.74 Å². The average Bonchev–Trinajstić information content (AvgIpc) is 2.62. The van der Waals surface area contributed by atoms with Gasteiger partial charge < -0.3 is 15.0 Å². The minimum atomic E-state index is -3.62. The standard InChI is InChI=1S/C17H25N3O4S/c1-13-3-4-15(17(21)20-6-5-18-12-14(20)2)11-16(13)25(22,23)19-7-9-24-10-8-19/h3-4,11,14,18H,5-10,12H2,1-2H3. The summed E-state index contributed by atoms with van der Waals surface area (Å²) in [5.74, 6) is -0.118. The van der Waals surface area contributed by atoms with E-state index in [1.807, 2.05) is 6.92 Å². The van der Waals surface area contributed by atoms with Crippen molar-refractivity contribution in [2.24, 2.45) is 0 Å². The maximum absolute atomic E-state index is 13.0. The molecule has 7 nitrogen and oxygen atoms in total. The number of nitrogens with zero attached hydrogens (tertiary/aromatic N) is 2. The summed E-state index contributed by atoms with van der Waals surface area (Å²) in [6, 6.07) is 5.04. The highest BCUT2D eigenvalue weighted by Crippen LogP contribution is 2.23. The third-order valence-electron chi connectivity index (χ3n) is 4.79. The van der Waals surface area contributed by atoms with E-state index >= 15 is 0 Å². The van der Waals surface area contributed by atoms with Crippen LogP contribution in [0.25, 0.3) is 0 Å². The van der Waals surface area contributed by atoms with Crippen molar-refractivity contribution in [3.63, 3.8) is 0 Å². The molecule has 3 rings (SSSR count). The monoisotopic (exact) mass is 367 g/mol. The number of morpholine rings is 1. The molecule has 1 atom stereocenters. The molecule has 1 aromatic carbocycles. The molecule has 1 unspecified atom stereocenters. The molecule has 2 fully saturated rings. The van der Waals surface area contributed by atoms with Crippen LogP contribution in [0.2, 0.25) is 0 Å². The molecule has 0 bridgehead atoms. The first kappa shape index (κ1) is 18.3. The Balaban J connectivity index is 1.91. The minimum absolute atomic E-state index is 0.0850. The molecule has 138 valence electrons. The first-order valence-corrected chi connectivity index (χ1v) is 10.1. The molecule has 0 aromatic heterocycles. The van der Waals surface area contributed by atoms with Crippen LogP contribution < -0.4 is 5.32 Å². The normalized spacial score (nSPS) is 22.8. The number of amides is 1. The summed E-state index contributed by atoms with van der Waals surface area (Å²) < 4.78 is 32.6. The van der Waals surface area contributed by atoms with Crippen LogP contribution in [0.5, 0.6) is 0 Å². The molecule has 0 aliphatic carbocycles. The maximum Gasteiger partial charge on any atom is 0.254 e. The predicted molar refractivity (Wildman–Crippen MR) is 94.1 cm³/mol. The molecule has 0 saturated carbocycles. The summed E-state index contributed by atoms with van der Waals surface area (Å²) in [5.41, 5.74) is 1.07. The molecule has 1 N–H and O–H groups in total. The summed E-state index contributed by atoms with van der Waals surface area (Å²) >= 11 is 0. The fraction of sp³-hybridized carbons (Fsp3) is 0.588. The van der Waals surface area contributed by atoms with Crippen molar-refractivity contribution < 1.29 is 17.9 Å². The van der Waals surface area contributed by atoms with Crippen molar-refractivity contribution in [1.82, 2.24) is 14.5 Å². The van der Waals surface area contributed by atoms with Crippen molar-refractivity contribution >= 4 is 15.9 Å². The Morgan fingerprint density at radius 1 is 1.24 bits per heavy atom. The fourth-order valence-electron chi connectivity index (χ4n) is 3.25. The van der Waals surface area contributed by atoms with Gasteiger partial charge in [0.2, 0.25) is 10.0 Å². The first-order valence-electron chi connectivity index (χ1n) is 8.61. The van der Waals surface area contributed by atoms with Crippen molar-refractivity contribution in [1.29, 1.82) is 0 Å². The zero-order chi connectivity index (χ0) is 18.0. The number of nitrogens with one attached hydrogen (secondary N) is 1. The Morgan fingerprint density at radius 3 is 2.64 bits per heavy atom. The Kier molecular flexibility index (Phi) is 5.43. The predicted octanol–water partition coefficient (Wildman–Crippen LogP) is 0.450. The Bertz CT molecular complexity index is 744. The molecular weight excluding hydrogens is 342 g/mol. The highest BCUT2D eigenvalue weighted by Gasteiger charge is 2.30. The molecule has 2 heterocycles. The smallest absolute Gasteiger partial charge is 0.254 e. The lowest BCUT2D eigenvalue weighted by Gasteiger charge is -2.34. The van der Waals surface area contributed by atoms with E-state index < -0.39 is 10.0 Å². The lowest BCUT2D eigenvalue weighted by molar-refractivity contribution is 0.0655. The molecule has 25 heavy (non-hydrogen) atoms. The van der Waals surface area contributed by atoms with E-state index in [2.05, 4.69) is 5.32 Å².